The van der Waals surface area contributed by atoms with Gasteiger partial charge in [-0.15, -0.1) is 0 Å². The zero-order chi connectivity index (χ0) is 15.9. The van der Waals surface area contributed by atoms with Gasteiger partial charge >= 0.3 is 0 Å². The summed E-state index contributed by atoms with van der Waals surface area (Å²) in [6.07, 6.45) is 19.8. The van der Waals surface area contributed by atoms with Crippen molar-refractivity contribution in [1.29, 1.82) is 0 Å². The summed E-state index contributed by atoms with van der Waals surface area (Å²) in [7, 11) is 0. The van der Waals surface area contributed by atoms with E-state index in [1.165, 1.54) is 95.5 Å². The van der Waals surface area contributed by atoms with E-state index in [1.807, 2.05) is 0 Å². The lowest BCUT2D eigenvalue weighted by atomic mass is 10.0. The van der Waals surface area contributed by atoms with Crippen LogP contribution in [0.15, 0.2) is 24.3 Å². The lowest BCUT2D eigenvalue weighted by Gasteiger charge is -2.04. The Labute approximate surface area is 139 Å². The van der Waals surface area contributed by atoms with Gasteiger partial charge in [0.05, 0.1) is 0 Å². The number of unbranched alkanes of at least 4 members (excludes halogenated alkanes) is 12. The summed E-state index contributed by atoms with van der Waals surface area (Å²) in [5.41, 5.74) is 2.60. The molecule has 0 aliphatic rings. The second kappa shape index (κ2) is 13.9. The topological polar surface area (TPSA) is 0 Å². The fourth-order valence-electron chi connectivity index (χ4n) is 3.13. The van der Waals surface area contributed by atoms with Crippen LogP contribution in [0.3, 0.4) is 0 Å². The van der Waals surface area contributed by atoms with E-state index >= 15 is 0 Å². The summed E-state index contributed by atoms with van der Waals surface area (Å²) < 4.78 is 0. The minimum Gasteiger partial charge on any atom is -0.0654 e. The summed E-state index contributed by atoms with van der Waals surface area (Å²) >= 11 is 0. The molecule has 0 atom stereocenters. The van der Waals surface area contributed by atoms with Gasteiger partial charge in [0.1, 0.15) is 0 Å². The first kappa shape index (κ1) is 19.3. The highest BCUT2D eigenvalue weighted by molar-refractivity contribution is 5.25. The zero-order valence-corrected chi connectivity index (χ0v) is 14.9. The molecule has 0 saturated carbocycles. The zero-order valence-electron chi connectivity index (χ0n) is 14.9. The lowest BCUT2D eigenvalue weighted by Crippen LogP contribution is -1.87. The van der Waals surface area contributed by atoms with Crippen LogP contribution in [-0.2, 0) is 6.42 Å². The molecule has 0 unspecified atom stereocenters. The molecule has 0 bridgehead atoms. The van der Waals surface area contributed by atoms with Crippen LogP contribution in [0.2, 0.25) is 0 Å². The van der Waals surface area contributed by atoms with Gasteiger partial charge in [-0.2, -0.15) is 0 Å². The molecule has 0 spiro atoms. The third-order valence-electron chi connectivity index (χ3n) is 4.56. The quantitative estimate of drug-likeness (QED) is 0.312. The second-order valence-electron chi connectivity index (χ2n) is 6.81. The average molecular weight is 302 g/mol. The molecule has 22 heavy (non-hydrogen) atoms. The van der Waals surface area contributed by atoms with Crippen molar-refractivity contribution >= 4 is 0 Å². The molecule has 0 aliphatic heterocycles. The fourth-order valence-corrected chi connectivity index (χ4v) is 3.13. The van der Waals surface area contributed by atoms with Crippen LogP contribution in [0, 0.1) is 6.92 Å². The van der Waals surface area contributed by atoms with Crippen molar-refractivity contribution in [3.8, 4) is 0 Å². The van der Waals surface area contributed by atoms with Gasteiger partial charge in [-0.05, 0) is 30.9 Å². The lowest BCUT2D eigenvalue weighted by molar-refractivity contribution is 0.539. The van der Waals surface area contributed by atoms with Gasteiger partial charge in [-0.1, -0.05) is 108 Å². The Kier molecular flexibility index (Phi) is 12.1. The maximum atomic E-state index is 4.00. The summed E-state index contributed by atoms with van der Waals surface area (Å²) in [5.74, 6) is 0. The molecule has 0 amide bonds. The van der Waals surface area contributed by atoms with Crippen LogP contribution in [0.4, 0.5) is 0 Å². The molecule has 0 N–H and O–H groups in total. The van der Waals surface area contributed by atoms with Gasteiger partial charge in [-0.25, -0.2) is 0 Å². The van der Waals surface area contributed by atoms with Crippen LogP contribution in [0.25, 0.3) is 0 Å². The third-order valence-corrected chi connectivity index (χ3v) is 4.56. The molecule has 0 heteroatoms. The first-order valence-corrected chi connectivity index (χ1v) is 9.74. The van der Waals surface area contributed by atoms with Crippen molar-refractivity contribution in [2.24, 2.45) is 0 Å². The molecule has 0 fully saturated rings. The number of hydrogen-bond donors (Lipinski definition) is 0. The van der Waals surface area contributed by atoms with Crippen LogP contribution < -0.4 is 0 Å². The Morgan fingerprint density at radius 2 is 1.18 bits per heavy atom. The van der Waals surface area contributed by atoms with E-state index in [0.29, 0.717) is 0 Å². The van der Waals surface area contributed by atoms with Gasteiger partial charge in [0.15, 0.2) is 0 Å². The maximum Gasteiger partial charge on any atom is -0.0238 e. The van der Waals surface area contributed by atoms with E-state index < -0.39 is 0 Å². The molecule has 1 radical (unpaired) electrons. The van der Waals surface area contributed by atoms with Crippen molar-refractivity contribution in [3.63, 3.8) is 0 Å². The van der Waals surface area contributed by atoms with E-state index in [-0.39, 0.29) is 0 Å². The predicted molar refractivity (Wildman–Crippen MR) is 100 cm³/mol. The number of benzene rings is 1. The van der Waals surface area contributed by atoms with E-state index in [1.54, 1.807) is 0 Å². The summed E-state index contributed by atoms with van der Waals surface area (Å²) in [4.78, 5) is 0. The normalized spacial score (nSPS) is 11.0. The molecule has 0 aromatic heterocycles. The molecular weight excluding hydrogens is 264 g/mol. The molecule has 0 heterocycles. The van der Waals surface area contributed by atoms with E-state index in [0.717, 1.165) is 5.56 Å². The molecule has 1 aromatic rings. The standard InChI is InChI=1S/C22H37/c1-3-4-5-6-7-8-9-10-11-12-13-14-15-18-22-19-16-17-21(2)20-22/h16-17,19-20H,2-15,18H2,1H3. The van der Waals surface area contributed by atoms with Crippen molar-refractivity contribution in [2.45, 2.75) is 96.8 Å². The van der Waals surface area contributed by atoms with Gasteiger partial charge in [0.25, 0.3) is 0 Å². The largest absolute Gasteiger partial charge is 0.0654 e. The Hall–Kier alpha value is -0.780. The minimum atomic E-state index is 1.15. The fraction of sp³-hybridized carbons (Fsp3) is 0.682. The maximum absolute atomic E-state index is 4.00. The van der Waals surface area contributed by atoms with Crippen LogP contribution in [-0.4, -0.2) is 0 Å². The molecule has 1 aromatic carbocycles. The minimum absolute atomic E-state index is 1.15. The van der Waals surface area contributed by atoms with Gasteiger partial charge < -0.3 is 0 Å². The predicted octanol–water partition coefficient (Wildman–Crippen LogP) is 7.50. The van der Waals surface area contributed by atoms with Crippen molar-refractivity contribution in [3.05, 3.63) is 42.3 Å². The SMILES string of the molecule is [CH2]c1cccc(CCCCCCCCCCCCCCC)c1. The second-order valence-corrected chi connectivity index (χ2v) is 6.81. The van der Waals surface area contributed by atoms with Gasteiger partial charge in [0, 0.05) is 0 Å². The third kappa shape index (κ3) is 10.9. The molecule has 0 nitrogen and oxygen atoms in total. The smallest absolute Gasteiger partial charge is 0.0238 e. The highest BCUT2D eigenvalue weighted by Crippen LogP contribution is 2.14. The average Bonchev–Trinajstić information content (AvgIpc) is 2.52. The molecule has 0 aliphatic carbocycles. The van der Waals surface area contributed by atoms with Gasteiger partial charge in [0.2, 0.25) is 0 Å². The van der Waals surface area contributed by atoms with Gasteiger partial charge in [-0.3, -0.25) is 0 Å². The number of aryl methyl sites for hydroxylation is 1. The first-order chi connectivity index (χ1) is 10.8. The highest BCUT2D eigenvalue weighted by atomic mass is 14.0. The molecule has 0 saturated heterocycles. The number of rotatable bonds is 14. The Morgan fingerprint density at radius 3 is 1.68 bits per heavy atom. The Morgan fingerprint density at radius 1 is 0.682 bits per heavy atom. The van der Waals surface area contributed by atoms with E-state index in [2.05, 4.69) is 38.1 Å². The first-order valence-electron chi connectivity index (χ1n) is 9.74. The summed E-state index contributed by atoms with van der Waals surface area (Å²) in [6.45, 7) is 6.28. The Bertz CT molecular complexity index is 353. The molecular formula is C22H37. The van der Waals surface area contributed by atoms with Crippen LogP contribution in [0.1, 0.15) is 102 Å². The van der Waals surface area contributed by atoms with Crippen molar-refractivity contribution in [1.82, 2.24) is 0 Å². The van der Waals surface area contributed by atoms with Crippen LogP contribution in [0.5, 0.6) is 0 Å². The van der Waals surface area contributed by atoms with E-state index in [9.17, 15) is 0 Å². The van der Waals surface area contributed by atoms with Crippen molar-refractivity contribution < 1.29 is 0 Å². The molecule has 1 rings (SSSR count). The van der Waals surface area contributed by atoms with E-state index in [4.69, 9.17) is 0 Å². The van der Waals surface area contributed by atoms with Crippen LogP contribution >= 0.6 is 0 Å². The summed E-state index contributed by atoms with van der Waals surface area (Å²) in [5, 5.41) is 0. The van der Waals surface area contributed by atoms with Crippen molar-refractivity contribution in [2.75, 3.05) is 0 Å². The summed E-state index contributed by atoms with van der Waals surface area (Å²) in [6, 6.07) is 8.66. The molecule has 125 valence electrons. The highest BCUT2D eigenvalue weighted by Gasteiger charge is 1.96. The monoisotopic (exact) mass is 301 g/mol. The number of hydrogen-bond acceptors (Lipinski definition) is 0. The Balaban J connectivity index is 1.80.